The molecule has 0 bridgehead atoms. The van der Waals surface area contributed by atoms with E-state index in [0.717, 1.165) is 4.88 Å². The van der Waals surface area contributed by atoms with E-state index in [-0.39, 0.29) is 23.1 Å². The van der Waals surface area contributed by atoms with E-state index in [0.29, 0.717) is 5.02 Å². The molecule has 0 aliphatic heterocycles. The lowest BCUT2D eigenvalue weighted by Gasteiger charge is -2.11. The molecule has 0 atom stereocenters. The third-order valence-corrected chi connectivity index (χ3v) is 3.83. The maximum atomic E-state index is 12.3. The molecule has 0 spiro atoms. The zero-order valence-corrected chi connectivity index (χ0v) is 14.2. The van der Waals surface area contributed by atoms with Crippen molar-refractivity contribution in [2.24, 2.45) is 5.10 Å². The van der Waals surface area contributed by atoms with Crippen molar-refractivity contribution in [2.45, 2.75) is 19.9 Å². The third kappa shape index (κ3) is 4.91. The van der Waals surface area contributed by atoms with Crippen LogP contribution < -0.4 is 10.7 Å². The first-order valence-corrected chi connectivity index (χ1v) is 8.20. The van der Waals surface area contributed by atoms with Crippen LogP contribution in [-0.2, 0) is 0 Å². The van der Waals surface area contributed by atoms with Gasteiger partial charge in [-0.2, -0.15) is 5.10 Å². The van der Waals surface area contributed by atoms with Gasteiger partial charge in [0.2, 0.25) is 0 Å². The largest absolute Gasteiger partial charge is 0.350 e. The van der Waals surface area contributed by atoms with Gasteiger partial charge >= 0.3 is 0 Å². The summed E-state index contributed by atoms with van der Waals surface area (Å²) in [6, 6.07) is 8.28. The predicted octanol–water partition coefficient (Wildman–Crippen LogP) is 3.30. The SMILES string of the molecule is CC(C)NC(=O)c1ccc(Cl)cc1C(=O)N/N=C/c1cccs1. The standard InChI is InChI=1S/C16H16ClN3O2S/c1-10(2)19-15(21)13-6-5-11(17)8-14(13)16(22)20-18-9-12-4-3-7-23-12/h3-10H,1-2H3,(H,19,21)(H,20,22)/b18-9+. The molecule has 1 aromatic heterocycles. The van der Waals surface area contributed by atoms with Gasteiger partial charge in [-0.15, -0.1) is 11.3 Å². The molecule has 23 heavy (non-hydrogen) atoms. The van der Waals surface area contributed by atoms with Crippen LogP contribution in [0.4, 0.5) is 0 Å². The quantitative estimate of drug-likeness (QED) is 0.642. The number of hydrogen-bond donors (Lipinski definition) is 2. The molecule has 5 nitrogen and oxygen atoms in total. The maximum absolute atomic E-state index is 12.3. The number of amides is 2. The van der Waals surface area contributed by atoms with Crippen molar-refractivity contribution < 1.29 is 9.59 Å². The Morgan fingerprint density at radius 2 is 2.00 bits per heavy atom. The number of carbonyl (C=O) groups excluding carboxylic acids is 2. The van der Waals surface area contributed by atoms with Crippen molar-refractivity contribution in [1.82, 2.24) is 10.7 Å². The van der Waals surface area contributed by atoms with E-state index in [4.69, 9.17) is 11.6 Å². The summed E-state index contributed by atoms with van der Waals surface area (Å²) in [6.45, 7) is 3.69. The van der Waals surface area contributed by atoms with Crippen molar-refractivity contribution in [3.8, 4) is 0 Å². The summed E-state index contributed by atoms with van der Waals surface area (Å²) in [6.07, 6.45) is 1.54. The number of nitrogens with zero attached hydrogens (tertiary/aromatic N) is 1. The Bertz CT molecular complexity index is 727. The fraction of sp³-hybridized carbons (Fsp3) is 0.188. The van der Waals surface area contributed by atoms with Crippen LogP contribution in [0.15, 0.2) is 40.8 Å². The average molecular weight is 350 g/mol. The molecule has 1 heterocycles. The molecular weight excluding hydrogens is 334 g/mol. The number of rotatable bonds is 5. The van der Waals surface area contributed by atoms with Gasteiger partial charge < -0.3 is 5.32 Å². The molecule has 0 saturated carbocycles. The zero-order chi connectivity index (χ0) is 16.8. The Hall–Kier alpha value is -2.18. The van der Waals surface area contributed by atoms with E-state index in [1.807, 2.05) is 31.4 Å². The molecule has 0 saturated heterocycles. The lowest BCUT2D eigenvalue weighted by molar-refractivity contribution is 0.0914. The van der Waals surface area contributed by atoms with Gasteiger partial charge in [-0.1, -0.05) is 17.7 Å². The predicted molar refractivity (Wildman–Crippen MR) is 93.4 cm³/mol. The molecular formula is C16H16ClN3O2S. The Balaban J connectivity index is 2.18. The summed E-state index contributed by atoms with van der Waals surface area (Å²) < 4.78 is 0. The highest BCUT2D eigenvalue weighted by atomic mass is 35.5. The van der Waals surface area contributed by atoms with Gasteiger partial charge in [-0.05, 0) is 43.5 Å². The second-order valence-corrected chi connectivity index (χ2v) is 6.45. The van der Waals surface area contributed by atoms with Gasteiger partial charge in [-0.3, -0.25) is 9.59 Å². The van der Waals surface area contributed by atoms with E-state index in [9.17, 15) is 9.59 Å². The molecule has 120 valence electrons. The first kappa shape index (κ1) is 17.2. The summed E-state index contributed by atoms with van der Waals surface area (Å²) in [5, 5.41) is 8.93. The van der Waals surface area contributed by atoms with Crippen LogP contribution in [0.1, 0.15) is 39.4 Å². The Labute approximate surface area is 143 Å². The number of nitrogens with one attached hydrogen (secondary N) is 2. The Kier molecular flexibility index (Phi) is 5.90. The minimum absolute atomic E-state index is 0.0362. The molecule has 0 aliphatic carbocycles. The highest BCUT2D eigenvalue weighted by Crippen LogP contribution is 2.16. The first-order chi connectivity index (χ1) is 11.0. The fourth-order valence-corrected chi connectivity index (χ4v) is 2.58. The third-order valence-electron chi connectivity index (χ3n) is 2.79. The van der Waals surface area contributed by atoms with Crippen LogP contribution >= 0.6 is 22.9 Å². The molecule has 2 rings (SSSR count). The highest BCUT2D eigenvalue weighted by molar-refractivity contribution is 7.11. The van der Waals surface area contributed by atoms with Crippen LogP contribution in [0.3, 0.4) is 0 Å². The molecule has 2 amide bonds. The van der Waals surface area contributed by atoms with Crippen LogP contribution in [0, 0.1) is 0 Å². The molecule has 0 radical (unpaired) electrons. The minimum atomic E-state index is -0.491. The second kappa shape index (κ2) is 7.89. The summed E-state index contributed by atoms with van der Waals surface area (Å²) in [7, 11) is 0. The lowest BCUT2D eigenvalue weighted by Crippen LogP contribution is -2.32. The molecule has 2 N–H and O–H groups in total. The van der Waals surface area contributed by atoms with Gasteiger partial charge in [-0.25, -0.2) is 5.43 Å². The van der Waals surface area contributed by atoms with E-state index in [2.05, 4.69) is 15.8 Å². The van der Waals surface area contributed by atoms with Gasteiger partial charge in [0.1, 0.15) is 0 Å². The smallest absolute Gasteiger partial charge is 0.272 e. The van der Waals surface area contributed by atoms with E-state index in [1.165, 1.54) is 23.5 Å². The normalized spacial score (nSPS) is 11.0. The van der Waals surface area contributed by atoms with Crippen LogP contribution in [-0.4, -0.2) is 24.1 Å². The number of benzene rings is 1. The topological polar surface area (TPSA) is 70.6 Å². The number of thiophene rings is 1. The molecule has 0 unspecified atom stereocenters. The summed E-state index contributed by atoms with van der Waals surface area (Å²) in [5.41, 5.74) is 2.85. The van der Waals surface area contributed by atoms with Crippen LogP contribution in [0.5, 0.6) is 0 Å². The number of carbonyl (C=O) groups is 2. The second-order valence-electron chi connectivity index (χ2n) is 5.03. The van der Waals surface area contributed by atoms with Crippen molar-refractivity contribution in [3.05, 3.63) is 56.7 Å². The van der Waals surface area contributed by atoms with E-state index < -0.39 is 5.91 Å². The maximum Gasteiger partial charge on any atom is 0.272 e. The zero-order valence-electron chi connectivity index (χ0n) is 12.7. The van der Waals surface area contributed by atoms with Gasteiger partial charge in [0.15, 0.2) is 0 Å². The van der Waals surface area contributed by atoms with Gasteiger partial charge in [0.05, 0.1) is 17.3 Å². The molecule has 0 aliphatic rings. The fourth-order valence-electron chi connectivity index (χ4n) is 1.82. The lowest BCUT2D eigenvalue weighted by atomic mass is 10.1. The van der Waals surface area contributed by atoms with E-state index in [1.54, 1.807) is 12.3 Å². The Morgan fingerprint density at radius 1 is 1.22 bits per heavy atom. The van der Waals surface area contributed by atoms with Crippen molar-refractivity contribution in [2.75, 3.05) is 0 Å². The molecule has 2 aromatic rings. The minimum Gasteiger partial charge on any atom is -0.350 e. The van der Waals surface area contributed by atoms with Gasteiger partial charge in [0, 0.05) is 15.9 Å². The van der Waals surface area contributed by atoms with Gasteiger partial charge in [0.25, 0.3) is 11.8 Å². The van der Waals surface area contributed by atoms with Crippen molar-refractivity contribution in [1.29, 1.82) is 0 Å². The first-order valence-electron chi connectivity index (χ1n) is 6.94. The van der Waals surface area contributed by atoms with Crippen molar-refractivity contribution >= 4 is 41.0 Å². The average Bonchev–Trinajstić information content (AvgIpc) is 2.99. The number of halogens is 1. The summed E-state index contributed by atoms with van der Waals surface area (Å²) >= 11 is 7.44. The molecule has 7 heteroatoms. The molecule has 0 fully saturated rings. The summed E-state index contributed by atoms with van der Waals surface area (Å²) in [5.74, 6) is -0.821. The van der Waals surface area contributed by atoms with E-state index >= 15 is 0 Å². The molecule has 1 aromatic carbocycles. The van der Waals surface area contributed by atoms with Crippen molar-refractivity contribution in [3.63, 3.8) is 0 Å². The number of hydrazone groups is 1. The summed E-state index contributed by atoms with van der Waals surface area (Å²) in [4.78, 5) is 25.4. The van der Waals surface area contributed by atoms with Crippen LogP contribution in [0.2, 0.25) is 5.02 Å². The van der Waals surface area contributed by atoms with Crippen LogP contribution in [0.25, 0.3) is 0 Å². The Morgan fingerprint density at radius 3 is 2.65 bits per heavy atom. The monoisotopic (exact) mass is 349 g/mol. The number of hydrogen-bond acceptors (Lipinski definition) is 4. The highest BCUT2D eigenvalue weighted by Gasteiger charge is 2.18.